The van der Waals surface area contributed by atoms with Crippen LogP contribution in [-0.4, -0.2) is 24.1 Å². The van der Waals surface area contributed by atoms with Crippen LogP contribution in [0.1, 0.15) is 37.0 Å². The Bertz CT molecular complexity index is 328. The molecular formula is C13H21NO2. The molecule has 0 radical (unpaired) electrons. The highest BCUT2D eigenvalue weighted by Gasteiger charge is 2.11. The van der Waals surface area contributed by atoms with Crippen LogP contribution in [0.3, 0.4) is 0 Å². The van der Waals surface area contributed by atoms with Gasteiger partial charge in [0.2, 0.25) is 0 Å². The Morgan fingerprint density at radius 3 is 2.81 bits per heavy atom. The standard InChI is InChI=1S/C13H21NO2/c1-11(2)13(15)12-6-8-14(10-12)7-4-5-9-16-3/h6,8,10-11H,4-5,7,9H2,1-3H3. The molecule has 0 aliphatic heterocycles. The van der Waals surface area contributed by atoms with Crippen LogP contribution in [0.15, 0.2) is 18.5 Å². The first-order valence-electron chi connectivity index (χ1n) is 5.84. The second-order valence-corrected chi connectivity index (χ2v) is 4.36. The maximum Gasteiger partial charge on any atom is 0.166 e. The summed E-state index contributed by atoms with van der Waals surface area (Å²) in [6, 6.07) is 1.90. The summed E-state index contributed by atoms with van der Waals surface area (Å²) in [4.78, 5) is 11.7. The van der Waals surface area contributed by atoms with Gasteiger partial charge in [0, 0.05) is 44.1 Å². The number of rotatable bonds is 7. The molecule has 0 saturated carbocycles. The van der Waals surface area contributed by atoms with E-state index in [0.717, 1.165) is 31.6 Å². The van der Waals surface area contributed by atoms with E-state index in [1.54, 1.807) is 7.11 Å². The Balaban J connectivity index is 2.42. The van der Waals surface area contributed by atoms with Gasteiger partial charge in [0.25, 0.3) is 0 Å². The fraction of sp³-hybridized carbons (Fsp3) is 0.615. The minimum atomic E-state index is 0.0735. The van der Waals surface area contributed by atoms with E-state index in [-0.39, 0.29) is 11.7 Å². The fourth-order valence-electron chi connectivity index (χ4n) is 1.60. The molecule has 1 heterocycles. The van der Waals surface area contributed by atoms with E-state index >= 15 is 0 Å². The molecule has 0 saturated heterocycles. The Morgan fingerprint density at radius 2 is 2.19 bits per heavy atom. The number of carbonyl (C=O) groups excluding carboxylic acids is 1. The van der Waals surface area contributed by atoms with Crippen molar-refractivity contribution in [1.29, 1.82) is 0 Å². The number of nitrogens with zero attached hydrogens (tertiary/aromatic N) is 1. The van der Waals surface area contributed by atoms with E-state index in [4.69, 9.17) is 4.74 Å². The van der Waals surface area contributed by atoms with Crippen LogP contribution in [0.2, 0.25) is 0 Å². The topological polar surface area (TPSA) is 31.2 Å². The number of aromatic nitrogens is 1. The summed E-state index contributed by atoms with van der Waals surface area (Å²) in [5, 5.41) is 0. The first kappa shape index (κ1) is 13.0. The number of Topliss-reactive ketones (excluding diaryl/α,β-unsaturated/α-hetero) is 1. The summed E-state index contributed by atoms with van der Waals surface area (Å²) >= 11 is 0. The van der Waals surface area contributed by atoms with Gasteiger partial charge in [-0.2, -0.15) is 0 Å². The second kappa shape index (κ2) is 6.48. The van der Waals surface area contributed by atoms with Crippen LogP contribution in [0.25, 0.3) is 0 Å². The first-order chi connectivity index (χ1) is 7.65. The quantitative estimate of drug-likeness (QED) is 0.525. The summed E-state index contributed by atoms with van der Waals surface area (Å²) in [5.74, 6) is 0.292. The minimum Gasteiger partial charge on any atom is -0.385 e. The molecule has 0 bridgehead atoms. The van der Waals surface area contributed by atoms with Gasteiger partial charge < -0.3 is 9.30 Å². The predicted molar refractivity (Wildman–Crippen MR) is 64.7 cm³/mol. The number of carbonyl (C=O) groups is 1. The Hall–Kier alpha value is -1.09. The Kier molecular flexibility index (Phi) is 5.26. The molecule has 0 amide bonds. The SMILES string of the molecule is COCCCCn1ccc(C(=O)C(C)C)c1. The number of aryl methyl sites for hydroxylation is 1. The number of ketones is 1. The highest BCUT2D eigenvalue weighted by atomic mass is 16.5. The normalized spacial score (nSPS) is 11.0. The molecule has 0 aliphatic carbocycles. The molecular weight excluding hydrogens is 202 g/mol. The molecule has 90 valence electrons. The molecule has 3 nitrogen and oxygen atoms in total. The van der Waals surface area contributed by atoms with Gasteiger partial charge in [-0.05, 0) is 18.9 Å². The van der Waals surface area contributed by atoms with Crippen molar-refractivity contribution in [3.63, 3.8) is 0 Å². The van der Waals surface area contributed by atoms with Gasteiger partial charge in [0.15, 0.2) is 5.78 Å². The van der Waals surface area contributed by atoms with E-state index in [1.807, 2.05) is 32.3 Å². The van der Waals surface area contributed by atoms with E-state index in [2.05, 4.69) is 4.57 Å². The molecule has 0 spiro atoms. The smallest absolute Gasteiger partial charge is 0.166 e. The van der Waals surface area contributed by atoms with E-state index in [0.29, 0.717) is 0 Å². The third-order valence-corrected chi connectivity index (χ3v) is 2.57. The third kappa shape index (κ3) is 3.81. The molecule has 0 aromatic carbocycles. The van der Waals surface area contributed by atoms with Crippen molar-refractivity contribution in [3.8, 4) is 0 Å². The molecule has 0 atom stereocenters. The van der Waals surface area contributed by atoms with Crippen molar-refractivity contribution in [2.24, 2.45) is 5.92 Å². The van der Waals surface area contributed by atoms with Gasteiger partial charge >= 0.3 is 0 Å². The highest BCUT2D eigenvalue weighted by molar-refractivity contribution is 5.97. The molecule has 1 rings (SSSR count). The van der Waals surface area contributed by atoms with Crippen molar-refractivity contribution in [3.05, 3.63) is 24.0 Å². The largest absolute Gasteiger partial charge is 0.385 e. The number of hydrogen-bond donors (Lipinski definition) is 0. The van der Waals surface area contributed by atoms with Gasteiger partial charge in [-0.15, -0.1) is 0 Å². The van der Waals surface area contributed by atoms with Crippen molar-refractivity contribution >= 4 is 5.78 Å². The van der Waals surface area contributed by atoms with Gasteiger partial charge in [0.05, 0.1) is 0 Å². The zero-order chi connectivity index (χ0) is 12.0. The van der Waals surface area contributed by atoms with Crippen LogP contribution >= 0.6 is 0 Å². The van der Waals surface area contributed by atoms with E-state index < -0.39 is 0 Å². The lowest BCUT2D eigenvalue weighted by Crippen LogP contribution is -2.06. The number of methoxy groups -OCH3 is 1. The van der Waals surface area contributed by atoms with Crippen molar-refractivity contribution in [2.75, 3.05) is 13.7 Å². The monoisotopic (exact) mass is 223 g/mol. The molecule has 0 aliphatic rings. The highest BCUT2D eigenvalue weighted by Crippen LogP contribution is 2.09. The Labute approximate surface area is 97.4 Å². The summed E-state index contributed by atoms with van der Waals surface area (Å²) in [5.41, 5.74) is 0.821. The lowest BCUT2D eigenvalue weighted by Gasteiger charge is -2.03. The zero-order valence-corrected chi connectivity index (χ0v) is 10.4. The molecule has 0 fully saturated rings. The fourth-order valence-corrected chi connectivity index (χ4v) is 1.60. The molecule has 1 aromatic heterocycles. The zero-order valence-electron chi connectivity index (χ0n) is 10.4. The maximum absolute atomic E-state index is 11.7. The molecule has 3 heteroatoms. The summed E-state index contributed by atoms with van der Waals surface area (Å²) in [6.45, 7) is 5.62. The lowest BCUT2D eigenvalue weighted by molar-refractivity contribution is 0.0939. The number of hydrogen-bond acceptors (Lipinski definition) is 2. The molecule has 16 heavy (non-hydrogen) atoms. The van der Waals surface area contributed by atoms with Crippen molar-refractivity contribution in [2.45, 2.75) is 33.2 Å². The van der Waals surface area contributed by atoms with E-state index in [9.17, 15) is 4.79 Å². The second-order valence-electron chi connectivity index (χ2n) is 4.36. The van der Waals surface area contributed by atoms with E-state index in [1.165, 1.54) is 0 Å². The lowest BCUT2D eigenvalue weighted by atomic mass is 10.0. The van der Waals surface area contributed by atoms with Crippen LogP contribution < -0.4 is 0 Å². The number of ether oxygens (including phenoxy) is 1. The van der Waals surface area contributed by atoms with Crippen LogP contribution in [0, 0.1) is 5.92 Å². The van der Waals surface area contributed by atoms with Crippen molar-refractivity contribution in [1.82, 2.24) is 4.57 Å². The summed E-state index contributed by atoms with van der Waals surface area (Å²) in [6.07, 6.45) is 6.05. The minimum absolute atomic E-state index is 0.0735. The Morgan fingerprint density at radius 1 is 1.44 bits per heavy atom. The molecule has 0 unspecified atom stereocenters. The third-order valence-electron chi connectivity index (χ3n) is 2.57. The van der Waals surface area contributed by atoms with Gasteiger partial charge in [0.1, 0.15) is 0 Å². The summed E-state index contributed by atoms with van der Waals surface area (Å²) in [7, 11) is 1.72. The average molecular weight is 223 g/mol. The van der Waals surface area contributed by atoms with Gasteiger partial charge in [-0.3, -0.25) is 4.79 Å². The predicted octanol–water partition coefficient (Wildman–Crippen LogP) is 2.75. The van der Waals surface area contributed by atoms with Crippen LogP contribution in [0.4, 0.5) is 0 Å². The van der Waals surface area contributed by atoms with Crippen LogP contribution in [-0.2, 0) is 11.3 Å². The maximum atomic E-state index is 11.7. The molecule has 1 aromatic rings. The van der Waals surface area contributed by atoms with Gasteiger partial charge in [-0.1, -0.05) is 13.8 Å². The summed E-state index contributed by atoms with van der Waals surface area (Å²) < 4.78 is 7.07. The molecule has 0 N–H and O–H groups in total. The van der Waals surface area contributed by atoms with Gasteiger partial charge in [-0.25, -0.2) is 0 Å². The van der Waals surface area contributed by atoms with Crippen molar-refractivity contribution < 1.29 is 9.53 Å². The van der Waals surface area contributed by atoms with Crippen LogP contribution in [0.5, 0.6) is 0 Å². The average Bonchev–Trinajstić information content (AvgIpc) is 2.72. The number of unbranched alkanes of at least 4 members (excludes halogenated alkanes) is 1. The first-order valence-corrected chi connectivity index (χ1v) is 5.84.